The number of aromatic nitrogens is 1. The smallest absolute Gasteiger partial charge is 0.323 e. The van der Waals surface area contributed by atoms with E-state index in [1.807, 2.05) is 0 Å². The molecule has 0 bridgehead atoms. The van der Waals surface area contributed by atoms with Crippen molar-refractivity contribution in [1.82, 2.24) is 9.88 Å². The molecule has 0 radical (unpaired) electrons. The summed E-state index contributed by atoms with van der Waals surface area (Å²) in [6.07, 6.45) is 0. The van der Waals surface area contributed by atoms with Crippen molar-refractivity contribution in [2.75, 3.05) is 25.6 Å². The van der Waals surface area contributed by atoms with Crippen LogP contribution in [0.5, 0.6) is 11.5 Å². The van der Waals surface area contributed by atoms with E-state index in [0.717, 1.165) is 28.0 Å². The van der Waals surface area contributed by atoms with Crippen LogP contribution in [0.2, 0.25) is 5.02 Å². The molecule has 2 aliphatic rings. The molecule has 3 N–H and O–H groups in total. The average molecular weight is 590 g/mol. The first-order valence-corrected chi connectivity index (χ1v) is 13.6. The number of ether oxygens (including phenoxy) is 2. The predicted molar refractivity (Wildman–Crippen MR) is 143 cm³/mol. The highest BCUT2D eigenvalue weighted by Gasteiger charge is 2.56. The van der Waals surface area contributed by atoms with Crippen molar-refractivity contribution >= 4 is 64.1 Å². The maximum Gasteiger partial charge on any atom is 0.323 e. The topological polar surface area (TPSA) is 155 Å². The number of hydrogen-bond donors (Lipinski definition) is 3. The number of halogens is 1. The van der Waals surface area contributed by atoms with E-state index in [-0.39, 0.29) is 23.0 Å². The third-order valence-corrected chi connectivity index (χ3v) is 8.90. The van der Waals surface area contributed by atoms with Crippen molar-refractivity contribution < 1.29 is 33.8 Å². The molecule has 1 fully saturated rings. The molecule has 0 spiro atoms. The number of anilines is 1. The lowest BCUT2D eigenvalue weighted by Crippen LogP contribution is -2.36. The second-order valence-corrected chi connectivity index (χ2v) is 11.3. The van der Waals surface area contributed by atoms with Gasteiger partial charge in [-0.15, -0.1) is 0 Å². The van der Waals surface area contributed by atoms with Crippen molar-refractivity contribution in [3.8, 4) is 11.5 Å². The number of carbonyl (C=O) groups excluding carboxylic acids is 3. The first-order chi connectivity index (χ1) is 18.7. The van der Waals surface area contributed by atoms with E-state index in [1.54, 1.807) is 42.5 Å². The molecule has 3 aromatic rings. The summed E-state index contributed by atoms with van der Waals surface area (Å²) in [6, 6.07) is 11.5. The number of H-pyrrole nitrogens is 1. The van der Waals surface area contributed by atoms with Crippen molar-refractivity contribution in [1.29, 1.82) is 0 Å². The van der Waals surface area contributed by atoms with Crippen molar-refractivity contribution in [3.63, 3.8) is 0 Å². The molecule has 5 rings (SSSR count). The monoisotopic (exact) mass is 589 g/mol. The zero-order valence-corrected chi connectivity index (χ0v) is 22.5. The van der Waals surface area contributed by atoms with Crippen LogP contribution in [0, 0.1) is 5.92 Å². The lowest BCUT2D eigenvalue weighted by molar-refractivity contribution is -0.149. The molecule has 0 saturated carbocycles. The SMILES string of the molecule is COc1cc([C@H]2c3sc(=O)[nH]c3SC3C(=O)N(CC(=O)O)C(=O)C32)ccc1OCC(=O)Nc1ccc(Cl)cc1. The minimum Gasteiger partial charge on any atom is -0.493 e. The Kier molecular flexibility index (Phi) is 7.38. The Bertz CT molecular complexity index is 1540. The van der Waals surface area contributed by atoms with Gasteiger partial charge in [-0.1, -0.05) is 40.8 Å². The minimum atomic E-state index is -1.30. The van der Waals surface area contributed by atoms with Crippen LogP contribution in [0.1, 0.15) is 16.4 Å². The van der Waals surface area contributed by atoms with Gasteiger partial charge in [-0.2, -0.15) is 0 Å². The number of methoxy groups -OCH3 is 1. The first-order valence-electron chi connectivity index (χ1n) is 11.5. The molecule has 3 atom stereocenters. The van der Waals surface area contributed by atoms with Gasteiger partial charge in [-0.25, -0.2) is 0 Å². The molecule has 2 unspecified atom stereocenters. The van der Waals surface area contributed by atoms with Gasteiger partial charge in [-0.3, -0.25) is 28.9 Å². The number of carboxylic acids is 1. The summed E-state index contributed by atoms with van der Waals surface area (Å²) in [6.45, 7) is -1.06. The van der Waals surface area contributed by atoms with Gasteiger partial charge >= 0.3 is 10.8 Å². The van der Waals surface area contributed by atoms with E-state index in [0.29, 0.717) is 26.2 Å². The van der Waals surface area contributed by atoms with Gasteiger partial charge in [0.25, 0.3) is 5.91 Å². The van der Waals surface area contributed by atoms with Crippen LogP contribution >= 0.6 is 34.7 Å². The number of thiazole rings is 1. The number of fused-ring (bicyclic) bond motifs is 2. The molecule has 0 aliphatic carbocycles. The van der Waals surface area contributed by atoms with Gasteiger partial charge in [0, 0.05) is 21.5 Å². The Balaban J connectivity index is 1.42. The molecule has 2 aliphatic heterocycles. The zero-order chi connectivity index (χ0) is 27.8. The number of benzene rings is 2. The van der Waals surface area contributed by atoms with Gasteiger partial charge in [0.1, 0.15) is 11.8 Å². The van der Waals surface area contributed by atoms with E-state index in [2.05, 4.69) is 10.3 Å². The summed E-state index contributed by atoms with van der Waals surface area (Å²) < 4.78 is 11.2. The average Bonchev–Trinajstić information content (AvgIpc) is 3.39. The third-order valence-electron chi connectivity index (χ3n) is 6.24. The zero-order valence-electron chi connectivity index (χ0n) is 20.1. The van der Waals surface area contributed by atoms with Crippen LogP contribution in [-0.2, 0) is 19.2 Å². The summed E-state index contributed by atoms with van der Waals surface area (Å²) >= 11 is 7.85. The standard InChI is InChI=1S/C25H20ClN3O8S2/c1-36-15-8-11(2-7-14(15)37-10-16(30)27-13-5-3-12(26)4-6-13)18-19-21(38-22-20(18)39-25(35)28-22)24(34)29(23(19)33)9-17(31)32/h2-8,18-19,21H,9-10H2,1H3,(H,27,30)(H,28,35)(H,31,32)/t18-,19?,21?/m1/s1. The van der Waals surface area contributed by atoms with Crippen LogP contribution in [0.25, 0.3) is 0 Å². The van der Waals surface area contributed by atoms with E-state index < -0.39 is 47.3 Å². The van der Waals surface area contributed by atoms with E-state index in [9.17, 15) is 29.1 Å². The fraction of sp³-hybridized carbons (Fsp3) is 0.240. The van der Waals surface area contributed by atoms with Gasteiger partial charge in [0.05, 0.1) is 18.1 Å². The Morgan fingerprint density at radius 1 is 1.10 bits per heavy atom. The van der Waals surface area contributed by atoms with Crippen molar-refractivity contribution in [2.45, 2.75) is 16.2 Å². The minimum absolute atomic E-state index is 0.262. The highest BCUT2D eigenvalue weighted by Crippen LogP contribution is 2.53. The number of aromatic amines is 1. The number of rotatable bonds is 8. The third kappa shape index (κ3) is 5.24. The molecule has 3 amide bonds. The van der Waals surface area contributed by atoms with Gasteiger partial charge < -0.3 is 24.9 Å². The van der Waals surface area contributed by atoms with E-state index in [4.69, 9.17) is 21.1 Å². The number of likely N-dealkylation sites (tertiary alicyclic amines) is 1. The van der Waals surface area contributed by atoms with Crippen molar-refractivity contribution in [2.24, 2.45) is 5.92 Å². The second-order valence-electron chi connectivity index (χ2n) is 8.66. The maximum atomic E-state index is 13.3. The molecular weight excluding hydrogens is 570 g/mol. The second kappa shape index (κ2) is 10.8. The predicted octanol–water partition coefficient (Wildman–Crippen LogP) is 2.79. The largest absolute Gasteiger partial charge is 0.493 e. The first kappa shape index (κ1) is 26.8. The maximum absolute atomic E-state index is 13.3. The van der Waals surface area contributed by atoms with Gasteiger partial charge in [0.2, 0.25) is 11.8 Å². The molecule has 14 heteroatoms. The molecule has 1 saturated heterocycles. The highest BCUT2D eigenvalue weighted by molar-refractivity contribution is 8.00. The number of nitrogens with one attached hydrogen (secondary N) is 2. The van der Waals surface area contributed by atoms with Gasteiger partial charge in [0.15, 0.2) is 18.1 Å². The number of hydrogen-bond acceptors (Lipinski definition) is 9. The summed E-state index contributed by atoms with van der Waals surface area (Å²) in [5, 5.41) is 12.0. The Hall–Kier alpha value is -3.81. The number of imide groups is 1. The summed E-state index contributed by atoms with van der Waals surface area (Å²) in [5.41, 5.74) is 1.11. The number of amides is 3. The quantitative estimate of drug-likeness (QED) is 0.336. The Morgan fingerprint density at radius 3 is 2.54 bits per heavy atom. The number of nitrogens with zero attached hydrogens (tertiary/aromatic N) is 1. The molecule has 11 nitrogen and oxygen atoms in total. The van der Waals surface area contributed by atoms with Crippen LogP contribution in [-0.4, -0.2) is 64.2 Å². The summed E-state index contributed by atoms with van der Waals surface area (Å²) in [4.78, 5) is 65.9. The van der Waals surface area contributed by atoms with Crippen LogP contribution in [0.15, 0.2) is 52.3 Å². The summed E-state index contributed by atoms with van der Waals surface area (Å²) in [7, 11) is 1.41. The molecular formula is C25H20ClN3O8S2. The number of aliphatic carboxylic acids is 1. The van der Waals surface area contributed by atoms with Crippen LogP contribution < -0.4 is 19.7 Å². The molecule has 2 aromatic carbocycles. The number of thioether (sulfide) groups is 1. The highest BCUT2D eigenvalue weighted by atomic mass is 35.5. The van der Waals surface area contributed by atoms with E-state index >= 15 is 0 Å². The van der Waals surface area contributed by atoms with Gasteiger partial charge in [-0.05, 0) is 42.0 Å². The van der Waals surface area contributed by atoms with Crippen molar-refractivity contribution in [3.05, 3.63) is 67.6 Å². The summed E-state index contributed by atoms with van der Waals surface area (Å²) in [5.74, 6) is -4.03. The molecule has 202 valence electrons. The number of carboxylic acid groups (broad SMARTS) is 1. The Labute approximate surface area is 234 Å². The number of carbonyl (C=O) groups is 4. The normalized spacial score (nSPS) is 19.8. The fourth-order valence-corrected chi connectivity index (χ4v) is 7.26. The fourth-order valence-electron chi connectivity index (χ4n) is 4.59. The van der Waals surface area contributed by atoms with Crippen LogP contribution in [0.3, 0.4) is 0 Å². The Morgan fingerprint density at radius 2 is 1.85 bits per heavy atom. The molecule has 3 heterocycles. The lowest BCUT2D eigenvalue weighted by atomic mass is 9.83. The van der Waals surface area contributed by atoms with E-state index in [1.165, 1.54) is 7.11 Å². The lowest BCUT2D eigenvalue weighted by Gasteiger charge is -2.30. The molecule has 39 heavy (non-hydrogen) atoms. The molecule has 1 aromatic heterocycles. The van der Waals surface area contributed by atoms with Crippen LogP contribution in [0.4, 0.5) is 5.69 Å².